The Kier molecular flexibility index (Phi) is 4.87. The van der Waals surface area contributed by atoms with Crippen LogP contribution >= 0.6 is 11.8 Å². The first kappa shape index (κ1) is 13.1. The summed E-state index contributed by atoms with van der Waals surface area (Å²) in [7, 11) is 0. The van der Waals surface area contributed by atoms with E-state index < -0.39 is 0 Å². The number of amides is 1. The van der Waals surface area contributed by atoms with Gasteiger partial charge in [-0.15, -0.1) is 11.8 Å². The third-order valence-corrected chi connectivity index (χ3v) is 3.50. The number of hydrogen-bond donors (Lipinski definition) is 0. The third-order valence-electron chi connectivity index (χ3n) is 2.72. The second kappa shape index (κ2) is 5.94. The van der Waals surface area contributed by atoms with Gasteiger partial charge in [0.25, 0.3) is 5.91 Å². The summed E-state index contributed by atoms with van der Waals surface area (Å²) in [4.78, 5) is 15.2. The van der Waals surface area contributed by atoms with Gasteiger partial charge < -0.3 is 4.90 Å². The van der Waals surface area contributed by atoms with Crippen LogP contribution in [0.2, 0.25) is 0 Å². The second-order valence-electron chi connectivity index (χ2n) is 3.63. The van der Waals surface area contributed by atoms with Crippen LogP contribution in [0.1, 0.15) is 29.8 Å². The van der Waals surface area contributed by atoms with E-state index in [1.165, 1.54) is 0 Å². The van der Waals surface area contributed by atoms with E-state index in [4.69, 9.17) is 0 Å². The number of aryl methyl sites for hydroxylation is 1. The first-order chi connectivity index (χ1) is 7.65. The second-order valence-corrected chi connectivity index (χ2v) is 4.48. The highest BCUT2D eigenvalue weighted by atomic mass is 32.2. The van der Waals surface area contributed by atoms with Crippen molar-refractivity contribution in [2.24, 2.45) is 0 Å². The quantitative estimate of drug-likeness (QED) is 0.750. The van der Waals surface area contributed by atoms with Crippen LogP contribution in [0.4, 0.5) is 0 Å². The average Bonchev–Trinajstić information content (AvgIpc) is 2.29. The topological polar surface area (TPSA) is 20.3 Å². The number of carbonyl (C=O) groups excluding carboxylic acids is 1. The van der Waals surface area contributed by atoms with E-state index in [1.54, 1.807) is 11.8 Å². The Labute approximate surface area is 102 Å². The number of carbonyl (C=O) groups is 1. The van der Waals surface area contributed by atoms with Gasteiger partial charge in [0.15, 0.2) is 0 Å². The van der Waals surface area contributed by atoms with Gasteiger partial charge in [0.05, 0.1) is 5.56 Å². The molecule has 0 bridgehead atoms. The van der Waals surface area contributed by atoms with Crippen molar-refractivity contribution in [2.75, 3.05) is 19.3 Å². The van der Waals surface area contributed by atoms with E-state index in [0.29, 0.717) is 0 Å². The Morgan fingerprint density at radius 3 is 2.44 bits per heavy atom. The summed E-state index contributed by atoms with van der Waals surface area (Å²) in [5.41, 5.74) is 1.92. The van der Waals surface area contributed by atoms with Crippen LogP contribution in [0.3, 0.4) is 0 Å². The van der Waals surface area contributed by atoms with Crippen LogP contribution in [0.15, 0.2) is 23.1 Å². The Balaban J connectivity index is 3.16. The van der Waals surface area contributed by atoms with E-state index in [-0.39, 0.29) is 5.91 Å². The standard InChI is InChI=1S/C13H19NOS/c1-5-14(6-2)13(15)12-10(3)8-7-9-11(12)16-4/h7-9H,5-6H2,1-4H3. The highest BCUT2D eigenvalue weighted by Gasteiger charge is 2.17. The molecule has 0 aromatic heterocycles. The normalized spacial score (nSPS) is 10.2. The fraction of sp³-hybridized carbons (Fsp3) is 0.462. The van der Waals surface area contributed by atoms with E-state index >= 15 is 0 Å². The Bertz CT molecular complexity index is 372. The van der Waals surface area contributed by atoms with Crippen molar-refractivity contribution in [3.05, 3.63) is 29.3 Å². The molecule has 1 aromatic carbocycles. The minimum atomic E-state index is 0.146. The molecule has 1 rings (SSSR count). The van der Waals surface area contributed by atoms with Gasteiger partial charge in [-0.1, -0.05) is 12.1 Å². The van der Waals surface area contributed by atoms with Crippen molar-refractivity contribution in [1.29, 1.82) is 0 Å². The van der Waals surface area contributed by atoms with Crippen molar-refractivity contribution in [3.8, 4) is 0 Å². The van der Waals surface area contributed by atoms with E-state index in [9.17, 15) is 4.79 Å². The Morgan fingerprint density at radius 2 is 1.94 bits per heavy atom. The van der Waals surface area contributed by atoms with Crippen molar-refractivity contribution >= 4 is 17.7 Å². The van der Waals surface area contributed by atoms with Gasteiger partial charge >= 0.3 is 0 Å². The van der Waals surface area contributed by atoms with Crippen molar-refractivity contribution in [2.45, 2.75) is 25.7 Å². The molecule has 1 amide bonds. The summed E-state index contributed by atoms with van der Waals surface area (Å²) >= 11 is 1.63. The smallest absolute Gasteiger partial charge is 0.255 e. The molecule has 16 heavy (non-hydrogen) atoms. The minimum Gasteiger partial charge on any atom is -0.339 e. The maximum Gasteiger partial charge on any atom is 0.255 e. The summed E-state index contributed by atoms with van der Waals surface area (Å²) in [6.45, 7) is 7.54. The molecule has 0 aliphatic rings. The zero-order chi connectivity index (χ0) is 12.1. The molecule has 0 unspecified atom stereocenters. The molecule has 88 valence electrons. The van der Waals surface area contributed by atoms with E-state index in [2.05, 4.69) is 0 Å². The van der Waals surface area contributed by atoms with E-state index in [0.717, 1.165) is 29.1 Å². The lowest BCUT2D eigenvalue weighted by molar-refractivity contribution is 0.0769. The number of benzene rings is 1. The molecule has 2 nitrogen and oxygen atoms in total. The largest absolute Gasteiger partial charge is 0.339 e. The van der Waals surface area contributed by atoms with Crippen LogP contribution < -0.4 is 0 Å². The van der Waals surface area contributed by atoms with Crippen LogP contribution in [-0.4, -0.2) is 30.2 Å². The molecule has 0 aliphatic carbocycles. The molecule has 3 heteroatoms. The number of thioether (sulfide) groups is 1. The van der Waals surface area contributed by atoms with Crippen LogP contribution in [0, 0.1) is 6.92 Å². The first-order valence-electron chi connectivity index (χ1n) is 5.58. The number of rotatable bonds is 4. The molecule has 0 saturated carbocycles. The lowest BCUT2D eigenvalue weighted by atomic mass is 10.1. The average molecular weight is 237 g/mol. The van der Waals surface area contributed by atoms with Crippen LogP contribution in [0.5, 0.6) is 0 Å². The molecule has 0 N–H and O–H groups in total. The van der Waals surface area contributed by atoms with Crippen molar-refractivity contribution < 1.29 is 4.79 Å². The molecule has 1 aromatic rings. The lowest BCUT2D eigenvalue weighted by Crippen LogP contribution is -2.31. The number of nitrogens with zero attached hydrogens (tertiary/aromatic N) is 1. The van der Waals surface area contributed by atoms with Gasteiger partial charge in [0, 0.05) is 18.0 Å². The molecule has 0 saturated heterocycles. The SMILES string of the molecule is CCN(CC)C(=O)c1c(C)cccc1SC. The van der Waals surface area contributed by atoms with Gasteiger partial charge in [-0.3, -0.25) is 4.79 Å². The Hall–Kier alpha value is -0.960. The fourth-order valence-electron chi connectivity index (χ4n) is 1.75. The van der Waals surface area contributed by atoms with E-state index in [1.807, 2.05) is 50.1 Å². The predicted octanol–water partition coefficient (Wildman–Crippen LogP) is 3.20. The highest BCUT2D eigenvalue weighted by molar-refractivity contribution is 7.98. The molecule has 0 radical (unpaired) electrons. The number of hydrogen-bond acceptors (Lipinski definition) is 2. The molecular weight excluding hydrogens is 218 g/mol. The van der Waals surface area contributed by atoms with Crippen molar-refractivity contribution in [1.82, 2.24) is 4.90 Å². The molecule has 0 fully saturated rings. The minimum absolute atomic E-state index is 0.146. The fourth-order valence-corrected chi connectivity index (χ4v) is 2.42. The first-order valence-corrected chi connectivity index (χ1v) is 6.81. The molecular formula is C13H19NOS. The van der Waals surface area contributed by atoms with Crippen molar-refractivity contribution in [3.63, 3.8) is 0 Å². The summed E-state index contributed by atoms with van der Waals surface area (Å²) in [6.07, 6.45) is 2.01. The van der Waals surface area contributed by atoms with Gasteiger partial charge in [0.2, 0.25) is 0 Å². The zero-order valence-corrected chi connectivity index (χ0v) is 11.2. The maximum atomic E-state index is 12.3. The van der Waals surface area contributed by atoms with Gasteiger partial charge in [0.1, 0.15) is 0 Å². The zero-order valence-electron chi connectivity index (χ0n) is 10.4. The van der Waals surface area contributed by atoms with Gasteiger partial charge in [-0.25, -0.2) is 0 Å². The predicted molar refractivity (Wildman–Crippen MR) is 70.2 cm³/mol. The van der Waals surface area contributed by atoms with Crippen LogP contribution in [-0.2, 0) is 0 Å². The molecule has 0 heterocycles. The summed E-state index contributed by atoms with van der Waals surface area (Å²) in [5, 5.41) is 0. The Morgan fingerprint density at radius 1 is 1.31 bits per heavy atom. The summed E-state index contributed by atoms with van der Waals surface area (Å²) < 4.78 is 0. The third kappa shape index (κ3) is 2.59. The lowest BCUT2D eigenvalue weighted by Gasteiger charge is -2.21. The van der Waals surface area contributed by atoms with Gasteiger partial charge in [-0.05, 0) is 38.7 Å². The highest BCUT2D eigenvalue weighted by Crippen LogP contribution is 2.24. The monoisotopic (exact) mass is 237 g/mol. The molecule has 0 spiro atoms. The van der Waals surface area contributed by atoms with Gasteiger partial charge in [-0.2, -0.15) is 0 Å². The van der Waals surface area contributed by atoms with Crippen LogP contribution in [0.25, 0.3) is 0 Å². The summed E-state index contributed by atoms with van der Waals surface area (Å²) in [6, 6.07) is 6.00. The molecule has 0 atom stereocenters. The summed E-state index contributed by atoms with van der Waals surface area (Å²) in [5.74, 6) is 0.146. The maximum absolute atomic E-state index is 12.3. The molecule has 0 aliphatic heterocycles.